The zero-order chi connectivity index (χ0) is 26.4. The van der Waals surface area contributed by atoms with Gasteiger partial charge in [0.15, 0.2) is 11.5 Å². The number of hydrogen-bond acceptors (Lipinski definition) is 7. The zero-order valence-corrected chi connectivity index (χ0v) is 21.5. The summed E-state index contributed by atoms with van der Waals surface area (Å²) >= 11 is 0. The number of anilines is 2. The minimum atomic E-state index is -0.933. The number of aliphatic carboxylic acids is 1. The van der Waals surface area contributed by atoms with E-state index in [0.29, 0.717) is 40.9 Å². The number of carboxylic acids is 1. The molecule has 37 heavy (non-hydrogen) atoms. The van der Waals surface area contributed by atoms with Gasteiger partial charge in [0.25, 0.3) is 0 Å². The molecule has 0 bridgehead atoms. The van der Waals surface area contributed by atoms with Gasteiger partial charge in [-0.25, -0.2) is 9.97 Å². The second kappa shape index (κ2) is 11.9. The summed E-state index contributed by atoms with van der Waals surface area (Å²) < 4.78 is 11.6. The monoisotopic (exact) mass is 506 g/mol. The first-order valence-corrected chi connectivity index (χ1v) is 12.5. The van der Waals surface area contributed by atoms with Crippen molar-refractivity contribution >= 4 is 34.3 Å². The Kier molecular flexibility index (Phi) is 8.39. The van der Waals surface area contributed by atoms with Crippen molar-refractivity contribution in [2.45, 2.75) is 45.6 Å². The number of nitrogens with one attached hydrogen (secondary N) is 3. The number of aromatic nitrogens is 2. The van der Waals surface area contributed by atoms with Gasteiger partial charge < -0.3 is 30.1 Å². The largest absolute Gasteiger partial charge is 0.493 e. The Hall–Kier alpha value is -3.92. The standard InChI is InChI=1S/C27H34N6O4/c1-17-6-4-7-18(2)25(17)33(12-9-24(34)35)27(28)32-26-20-14-22(36-3)23(15-21(20)30-16-31-26)37-13-10-19-8-5-11-29-19/h4,6-7,14-16,19,29H,5,8-13H2,1-3H3,(H,34,35)(H2,28,30,31,32). The Bertz CT molecular complexity index is 1250. The van der Waals surface area contributed by atoms with Crippen LogP contribution >= 0.6 is 0 Å². The van der Waals surface area contributed by atoms with Crippen molar-refractivity contribution in [3.8, 4) is 11.5 Å². The lowest BCUT2D eigenvalue weighted by molar-refractivity contribution is -0.136. The van der Waals surface area contributed by atoms with Crippen LogP contribution in [0.25, 0.3) is 10.9 Å². The molecule has 10 heteroatoms. The highest BCUT2D eigenvalue weighted by Crippen LogP contribution is 2.34. The summed E-state index contributed by atoms with van der Waals surface area (Å²) in [5.41, 5.74) is 3.33. The highest BCUT2D eigenvalue weighted by Gasteiger charge is 2.20. The molecule has 196 valence electrons. The van der Waals surface area contributed by atoms with Gasteiger partial charge in [-0.05, 0) is 56.8 Å². The number of ether oxygens (including phenoxy) is 2. The third-order valence-corrected chi connectivity index (χ3v) is 6.57. The van der Waals surface area contributed by atoms with Crippen LogP contribution in [-0.2, 0) is 4.79 Å². The van der Waals surface area contributed by atoms with Crippen LogP contribution in [0, 0.1) is 19.3 Å². The van der Waals surface area contributed by atoms with E-state index in [-0.39, 0.29) is 18.9 Å². The van der Waals surface area contributed by atoms with E-state index in [1.165, 1.54) is 12.7 Å². The molecule has 3 aromatic rings. The molecule has 1 saturated heterocycles. The summed E-state index contributed by atoms with van der Waals surface area (Å²) in [4.78, 5) is 21.8. The number of rotatable bonds is 10. The second-order valence-electron chi connectivity index (χ2n) is 9.18. The first-order valence-electron chi connectivity index (χ1n) is 12.5. The number of methoxy groups -OCH3 is 1. The third kappa shape index (κ3) is 6.26. The van der Waals surface area contributed by atoms with E-state index in [0.717, 1.165) is 36.2 Å². The lowest BCUT2D eigenvalue weighted by Gasteiger charge is -2.28. The molecule has 0 saturated carbocycles. The summed E-state index contributed by atoms with van der Waals surface area (Å²) in [6, 6.07) is 9.93. The van der Waals surface area contributed by atoms with E-state index in [2.05, 4.69) is 20.6 Å². The van der Waals surface area contributed by atoms with Crippen LogP contribution in [0.15, 0.2) is 36.7 Å². The summed E-state index contributed by atoms with van der Waals surface area (Å²) in [6.07, 6.45) is 4.59. The maximum Gasteiger partial charge on any atom is 0.305 e. The second-order valence-corrected chi connectivity index (χ2v) is 9.18. The fourth-order valence-electron chi connectivity index (χ4n) is 4.70. The third-order valence-electron chi connectivity index (χ3n) is 6.57. The van der Waals surface area contributed by atoms with Gasteiger partial charge in [-0.1, -0.05) is 18.2 Å². The first-order chi connectivity index (χ1) is 17.9. The fourth-order valence-corrected chi connectivity index (χ4v) is 4.70. The molecule has 1 aliphatic rings. The van der Waals surface area contributed by atoms with Crippen molar-refractivity contribution in [3.05, 3.63) is 47.8 Å². The number of carbonyl (C=O) groups is 1. The van der Waals surface area contributed by atoms with Gasteiger partial charge in [0.1, 0.15) is 12.1 Å². The molecule has 2 heterocycles. The number of nitrogens with zero attached hydrogens (tertiary/aromatic N) is 3. The molecule has 1 aromatic heterocycles. The molecule has 1 unspecified atom stereocenters. The van der Waals surface area contributed by atoms with Gasteiger partial charge >= 0.3 is 5.97 Å². The summed E-state index contributed by atoms with van der Waals surface area (Å²) in [7, 11) is 1.58. The molecule has 4 rings (SSSR count). The molecular weight excluding hydrogens is 472 g/mol. The first kappa shape index (κ1) is 26.2. The van der Waals surface area contributed by atoms with Gasteiger partial charge in [-0.2, -0.15) is 0 Å². The van der Waals surface area contributed by atoms with Crippen molar-refractivity contribution < 1.29 is 19.4 Å². The van der Waals surface area contributed by atoms with Gasteiger partial charge in [-0.15, -0.1) is 0 Å². The van der Waals surface area contributed by atoms with Gasteiger partial charge in [0.05, 0.1) is 25.7 Å². The van der Waals surface area contributed by atoms with E-state index in [1.54, 1.807) is 18.1 Å². The fraction of sp³-hybridized carbons (Fsp3) is 0.407. The Morgan fingerprint density at radius 1 is 1.24 bits per heavy atom. The maximum absolute atomic E-state index is 11.3. The molecule has 1 fully saturated rings. The van der Waals surface area contributed by atoms with Gasteiger partial charge in [0, 0.05) is 29.7 Å². The number of hydrogen-bond donors (Lipinski definition) is 4. The van der Waals surface area contributed by atoms with E-state index in [4.69, 9.17) is 14.9 Å². The predicted octanol–water partition coefficient (Wildman–Crippen LogP) is 4.10. The average Bonchev–Trinajstić information content (AvgIpc) is 3.39. The molecule has 2 aromatic carbocycles. The Morgan fingerprint density at radius 2 is 2.03 bits per heavy atom. The lowest BCUT2D eigenvalue weighted by atomic mass is 10.1. The molecule has 10 nitrogen and oxygen atoms in total. The number of guanidine groups is 1. The molecule has 0 amide bonds. The number of aryl methyl sites for hydroxylation is 2. The smallest absolute Gasteiger partial charge is 0.305 e. The van der Waals surface area contributed by atoms with Gasteiger partial charge in [-0.3, -0.25) is 10.2 Å². The van der Waals surface area contributed by atoms with Crippen LogP contribution in [0.2, 0.25) is 0 Å². The predicted molar refractivity (Wildman–Crippen MR) is 144 cm³/mol. The summed E-state index contributed by atoms with van der Waals surface area (Å²) in [5, 5.41) is 25.4. The molecular formula is C27H34N6O4. The van der Waals surface area contributed by atoms with Gasteiger partial charge in [0.2, 0.25) is 5.96 Å². The SMILES string of the molecule is COc1cc2c(NC(=N)N(CCC(=O)O)c3c(C)cccc3C)ncnc2cc1OCCC1CCCN1. The Balaban J connectivity index is 1.59. The van der Waals surface area contributed by atoms with Crippen molar-refractivity contribution in [2.75, 3.05) is 37.0 Å². The molecule has 4 N–H and O–H groups in total. The topological polar surface area (TPSA) is 133 Å². The normalized spacial score (nSPS) is 14.9. The van der Waals surface area contributed by atoms with Crippen molar-refractivity contribution in [2.24, 2.45) is 0 Å². The minimum absolute atomic E-state index is 0.0157. The number of carboxylic acid groups (broad SMARTS) is 1. The summed E-state index contributed by atoms with van der Waals surface area (Å²) in [5.74, 6) is 0.654. The van der Waals surface area contributed by atoms with E-state index >= 15 is 0 Å². The lowest BCUT2D eigenvalue weighted by Crippen LogP contribution is -2.38. The van der Waals surface area contributed by atoms with Crippen LogP contribution in [0.5, 0.6) is 11.5 Å². The Morgan fingerprint density at radius 3 is 2.70 bits per heavy atom. The zero-order valence-electron chi connectivity index (χ0n) is 21.5. The summed E-state index contributed by atoms with van der Waals surface area (Å²) in [6.45, 7) is 5.64. The van der Waals surface area contributed by atoms with Crippen molar-refractivity contribution in [1.82, 2.24) is 15.3 Å². The average molecular weight is 507 g/mol. The molecule has 0 radical (unpaired) electrons. The van der Waals surface area contributed by atoms with Crippen molar-refractivity contribution in [1.29, 1.82) is 5.41 Å². The van der Waals surface area contributed by atoms with Crippen LogP contribution in [0.3, 0.4) is 0 Å². The van der Waals surface area contributed by atoms with E-state index < -0.39 is 5.97 Å². The number of para-hydroxylation sites is 1. The molecule has 0 spiro atoms. The molecule has 1 aliphatic heterocycles. The Labute approximate surface area is 216 Å². The van der Waals surface area contributed by atoms with E-state index in [1.807, 2.05) is 38.1 Å². The van der Waals surface area contributed by atoms with Crippen LogP contribution < -0.4 is 25.0 Å². The molecule has 0 aliphatic carbocycles. The highest BCUT2D eigenvalue weighted by atomic mass is 16.5. The van der Waals surface area contributed by atoms with Crippen molar-refractivity contribution in [3.63, 3.8) is 0 Å². The highest BCUT2D eigenvalue weighted by molar-refractivity contribution is 6.08. The number of benzene rings is 2. The quantitative estimate of drug-likeness (QED) is 0.237. The minimum Gasteiger partial charge on any atom is -0.493 e. The van der Waals surface area contributed by atoms with E-state index in [9.17, 15) is 9.90 Å². The molecule has 1 atom stereocenters. The number of fused-ring (bicyclic) bond motifs is 1. The van der Waals surface area contributed by atoms with Crippen LogP contribution in [-0.4, -0.2) is 59.9 Å². The maximum atomic E-state index is 11.3. The van der Waals surface area contributed by atoms with Crippen LogP contribution in [0.1, 0.15) is 36.8 Å². The van der Waals surface area contributed by atoms with Crippen LogP contribution in [0.4, 0.5) is 11.5 Å².